The van der Waals surface area contributed by atoms with Gasteiger partial charge in [-0.3, -0.25) is 10.1 Å². The first-order valence-electron chi connectivity index (χ1n) is 5.56. The second-order valence-electron chi connectivity index (χ2n) is 5.74. The van der Waals surface area contributed by atoms with Gasteiger partial charge in [0.05, 0.1) is 9.80 Å². The number of nitro benzene ring substituents is 1. The van der Waals surface area contributed by atoms with Gasteiger partial charge in [-0.1, -0.05) is 32.9 Å². The number of rotatable bonds is 3. The molecule has 1 unspecified atom stereocenters. The van der Waals surface area contributed by atoms with Gasteiger partial charge in [-0.2, -0.15) is 0 Å². The molecule has 1 rings (SSSR count). The Morgan fingerprint density at radius 3 is 2.00 bits per heavy atom. The molecular weight excluding hydrogens is 238 g/mol. The predicted molar refractivity (Wildman–Crippen MR) is 70.4 cm³/mol. The van der Waals surface area contributed by atoms with Crippen molar-refractivity contribution in [2.45, 2.75) is 39.0 Å². The summed E-state index contributed by atoms with van der Waals surface area (Å²) in [5.74, 6) is 0. The van der Waals surface area contributed by atoms with Gasteiger partial charge in [0.25, 0.3) is 5.69 Å². The van der Waals surface area contributed by atoms with Crippen molar-refractivity contribution in [1.82, 2.24) is 0 Å². The molecule has 94 valence electrons. The molecule has 0 bridgehead atoms. The quantitative estimate of drug-likeness (QED) is 0.454. The maximum absolute atomic E-state index is 10.6. The molecule has 17 heavy (non-hydrogen) atoms. The third-order valence-electron chi connectivity index (χ3n) is 2.54. The van der Waals surface area contributed by atoms with Gasteiger partial charge in [0, 0.05) is 12.1 Å². The topological polar surface area (TPSA) is 43.1 Å². The van der Waals surface area contributed by atoms with Gasteiger partial charge in [0.2, 0.25) is 0 Å². The molecule has 0 aliphatic rings. The smallest absolute Gasteiger partial charge is 0.258 e. The monoisotopic (exact) mass is 255 g/mol. The van der Waals surface area contributed by atoms with E-state index in [9.17, 15) is 10.1 Å². The predicted octanol–water partition coefficient (Wildman–Crippen LogP) is 4.49. The van der Waals surface area contributed by atoms with Crippen molar-refractivity contribution < 1.29 is 4.92 Å². The van der Waals surface area contributed by atoms with E-state index in [2.05, 4.69) is 20.8 Å². The highest BCUT2D eigenvalue weighted by Gasteiger charge is 2.29. The fraction of sp³-hybridized carbons (Fsp3) is 0.538. The molecule has 0 aliphatic heterocycles. The molecular formula is C13H18ClNO2. The molecule has 3 nitrogen and oxygen atoms in total. The summed E-state index contributed by atoms with van der Waals surface area (Å²) < 4.78 is 0. The van der Waals surface area contributed by atoms with E-state index in [0.717, 1.165) is 12.0 Å². The van der Waals surface area contributed by atoms with Gasteiger partial charge in [-0.25, -0.2) is 0 Å². The number of non-ortho nitro benzene ring substituents is 1. The van der Waals surface area contributed by atoms with Gasteiger partial charge in [-0.05, 0) is 24.3 Å². The SMILES string of the molecule is CC(C)(C)CC(C)(Cl)c1ccc([N+](=O)[O-])cc1. The number of hydrogen-bond donors (Lipinski definition) is 0. The fourth-order valence-corrected chi connectivity index (χ4v) is 2.56. The minimum Gasteiger partial charge on any atom is -0.258 e. The lowest BCUT2D eigenvalue weighted by atomic mass is 9.82. The lowest BCUT2D eigenvalue weighted by Gasteiger charge is -2.30. The van der Waals surface area contributed by atoms with E-state index in [4.69, 9.17) is 11.6 Å². The first-order valence-corrected chi connectivity index (χ1v) is 5.93. The average Bonchev–Trinajstić information content (AvgIpc) is 2.14. The highest BCUT2D eigenvalue weighted by atomic mass is 35.5. The standard InChI is InChI=1S/C13H18ClNO2/c1-12(2,3)9-13(4,14)10-5-7-11(8-6-10)15(16)17/h5-8H,9H2,1-4H3. The Morgan fingerprint density at radius 1 is 1.18 bits per heavy atom. The molecule has 0 aliphatic carbocycles. The highest BCUT2D eigenvalue weighted by molar-refractivity contribution is 6.23. The van der Waals surface area contributed by atoms with Crippen molar-refractivity contribution in [1.29, 1.82) is 0 Å². The first kappa shape index (κ1) is 14.0. The molecule has 0 saturated carbocycles. The van der Waals surface area contributed by atoms with E-state index in [1.807, 2.05) is 6.92 Å². The molecule has 0 aromatic heterocycles. The molecule has 0 spiro atoms. The van der Waals surface area contributed by atoms with E-state index in [1.165, 1.54) is 12.1 Å². The van der Waals surface area contributed by atoms with Gasteiger partial charge in [-0.15, -0.1) is 11.6 Å². The minimum absolute atomic E-state index is 0.0944. The Balaban J connectivity index is 2.96. The van der Waals surface area contributed by atoms with Gasteiger partial charge >= 0.3 is 0 Å². The van der Waals surface area contributed by atoms with Crippen LogP contribution in [0.1, 0.15) is 39.7 Å². The van der Waals surface area contributed by atoms with Gasteiger partial charge < -0.3 is 0 Å². The third kappa shape index (κ3) is 4.00. The number of hydrogen-bond acceptors (Lipinski definition) is 2. The van der Waals surface area contributed by atoms with Crippen molar-refractivity contribution in [3.05, 3.63) is 39.9 Å². The summed E-state index contributed by atoms with van der Waals surface area (Å²) >= 11 is 6.51. The van der Waals surface area contributed by atoms with E-state index in [0.29, 0.717) is 0 Å². The summed E-state index contributed by atoms with van der Waals surface area (Å²) in [5.41, 5.74) is 1.12. The van der Waals surface area contributed by atoms with E-state index < -0.39 is 9.80 Å². The van der Waals surface area contributed by atoms with Crippen LogP contribution in [0.15, 0.2) is 24.3 Å². The van der Waals surface area contributed by atoms with Gasteiger partial charge in [0.15, 0.2) is 0 Å². The largest absolute Gasteiger partial charge is 0.269 e. The molecule has 4 heteroatoms. The fourth-order valence-electron chi connectivity index (χ4n) is 2.03. The first-order chi connectivity index (χ1) is 7.62. The number of halogens is 1. The van der Waals surface area contributed by atoms with Crippen molar-refractivity contribution in [2.75, 3.05) is 0 Å². The second kappa shape index (κ2) is 4.65. The van der Waals surface area contributed by atoms with Crippen LogP contribution in [-0.4, -0.2) is 4.92 Å². The number of nitro groups is 1. The summed E-state index contributed by atoms with van der Waals surface area (Å²) in [4.78, 5) is 9.67. The lowest BCUT2D eigenvalue weighted by molar-refractivity contribution is -0.384. The maximum Gasteiger partial charge on any atom is 0.269 e. The Labute approximate surface area is 107 Å². The third-order valence-corrected chi connectivity index (χ3v) is 2.89. The van der Waals surface area contributed by atoms with E-state index in [1.54, 1.807) is 12.1 Å². The van der Waals surface area contributed by atoms with Crippen molar-refractivity contribution in [2.24, 2.45) is 5.41 Å². The number of alkyl halides is 1. The van der Waals surface area contributed by atoms with Crippen LogP contribution in [0.4, 0.5) is 5.69 Å². The van der Waals surface area contributed by atoms with Gasteiger partial charge in [0.1, 0.15) is 0 Å². The Kier molecular flexibility index (Phi) is 3.82. The Morgan fingerprint density at radius 2 is 1.65 bits per heavy atom. The van der Waals surface area contributed by atoms with E-state index >= 15 is 0 Å². The summed E-state index contributed by atoms with van der Waals surface area (Å²) in [6.07, 6.45) is 0.805. The van der Waals surface area contributed by atoms with Crippen molar-refractivity contribution in [3.63, 3.8) is 0 Å². The molecule has 1 aromatic carbocycles. The zero-order valence-corrected chi connectivity index (χ0v) is 11.4. The Hall–Kier alpha value is -1.09. The van der Waals surface area contributed by atoms with Crippen LogP contribution in [0.3, 0.4) is 0 Å². The zero-order chi connectivity index (χ0) is 13.3. The van der Waals surface area contributed by atoms with Crippen molar-refractivity contribution in [3.8, 4) is 0 Å². The number of nitrogens with zero attached hydrogens (tertiary/aromatic N) is 1. The Bertz CT molecular complexity index is 404. The molecule has 0 N–H and O–H groups in total. The summed E-state index contributed by atoms with van der Waals surface area (Å²) in [5, 5.41) is 10.6. The molecule has 1 atom stereocenters. The molecule has 0 radical (unpaired) electrons. The maximum atomic E-state index is 10.6. The minimum atomic E-state index is -0.493. The molecule has 1 aromatic rings. The van der Waals surface area contributed by atoms with Crippen LogP contribution < -0.4 is 0 Å². The van der Waals surface area contributed by atoms with Crippen LogP contribution in [0.5, 0.6) is 0 Å². The molecule has 0 heterocycles. The highest BCUT2D eigenvalue weighted by Crippen LogP contribution is 2.40. The summed E-state index contributed by atoms with van der Waals surface area (Å²) in [6, 6.07) is 6.46. The second-order valence-corrected chi connectivity index (χ2v) is 6.57. The summed E-state index contributed by atoms with van der Waals surface area (Å²) in [6.45, 7) is 8.32. The molecule has 0 fully saturated rings. The van der Waals surface area contributed by atoms with Crippen molar-refractivity contribution >= 4 is 17.3 Å². The molecule has 0 saturated heterocycles. The van der Waals surface area contributed by atoms with Crippen LogP contribution in [0.25, 0.3) is 0 Å². The number of benzene rings is 1. The van der Waals surface area contributed by atoms with Crippen LogP contribution in [-0.2, 0) is 4.87 Å². The average molecular weight is 256 g/mol. The van der Waals surface area contributed by atoms with Crippen LogP contribution in [0.2, 0.25) is 0 Å². The normalized spacial score (nSPS) is 15.4. The van der Waals surface area contributed by atoms with Crippen LogP contribution >= 0.6 is 11.6 Å². The van der Waals surface area contributed by atoms with E-state index in [-0.39, 0.29) is 11.1 Å². The zero-order valence-electron chi connectivity index (χ0n) is 10.7. The summed E-state index contributed by atoms with van der Waals surface area (Å²) in [7, 11) is 0. The van der Waals surface area contributed by atoms with Crippen LogP contribution in [0, 0.1) is 15.5 Å². The molecule has 0 amide bonds. The lowest BCUT2D eigenvalue weighted by Crippen LogP contribution is -2.22.